The molecule has 2 aromatic carbocycles. The lowest BCUT2D eigenvalue weighted by Gasteiger charge is -2.14. The lowest BCUT2D eigenvalue weighted by molar-refractivity contribution is 0.0950. The normalized spacial score (nSPS) is 10.7. The summed E-state index contributed by atoms with van der Waals surface area (Å²) in [6.45, 7) is 4.38. The highest BCUT2D eigenvalue weighted by Crippen LogP contribution is 2.26. The van der Waals surface area contributed by atoms with Crippen LogP contribution in [0.15, 0.2) is 66.9 Å². The highest BCUT2D eigenvalue weighted by Gasteiger charge is 2.10. The molecule has 0 aliphatic rings. The van der Waals surface area contributed by atoms with Crippen LogP contribution in [0.25, 0.3) is 0 Å². The molecular formula is C22H22FN3O. The highest BCUT2D eigenvalue weighted by atomic mass is 19.1. The molecule has 27 heavy (non-hydrogen) atoms. The van der Waals surface area contributed by atoms with Crippen molar-refractivity contribution in [2.75, 3.05) is 5.32 Å². The van der Waals surface area contributed by atoms with Crippen LogP contribution >= 0.6 is 0 Å². The average Bonchev–Trinajstić information content (AvgIpc) is 2.67. The minimum absolute atomic E-state index is 0.132. The summed E-state index contributed by atoms with van der Waals surface area (Å²) in [6, 6.07) is 17.7. The number of para-hydroxylation sites is 1. The maximum absolute atomic E-state index is 13.7. The summed E-state index contributed by atoms with van der Waals surface area (Å²) in [6.07, 6.45) is 1.58. The van der Waals surface area contributed by atoms with E-state index in [1.165, 1.54) is 11.6 Å². The van der Waals surface area contributed by atoms with E-state index in [0.717, 1.165) is 5.69 Å². The van der Waals surface area contributed by atoms with Gasteiger partial charge in [0, 0.05) is 29.6 Å². The number of anilines is 2. The molecule has 0 fully saturated rings. The van der Waals surface area contributed by atoms with Gasteiger partial charge in [-0.3, -0.25) is 4.79 Å². The van der Waals surface area contributed by atoms with Crippen molar-refractivity contribution in [3.05, 3.63) is 89.4 Å². The molecule has 1 amide bonds. The zero-order chi connectivity index (χ0) is 19.2. The Morgan fingerprint density at radius 2 is 1.81 bits per heavy atom. The van der Waals surface area contributed by atoms with Gasteiger partial charge in [0.1, 0.15) is 11.6 Å². The number of aromatic nitrogens is 1. The molecule has 2 N–H and O–H groups in total. The maximum atomic E-state index is 13.7. The average molecular weight is 363 g/mol. The van der Waals surface area contributed by atoms with Gasteiger partial charge in [-0.1, -0.05) is 50.2 Å². The molecule has 0 aliphatic heterocycles. The van der Waals surface area contributed by atoms with Gasteiger partial charge in [-0.05, 0) is 35.7 Å². The summed E-state index contributed by atoms with van der Waals surface area (Å²) in [4.78, 5) is 16.7. The summed E-state index contributed by atoms with van der Waals surface area (Å²) < 4.78 is 13.7. The van der Waals surface area contributed by atoms with Gasteiger partial charge in [-0.25, -0.2) is 9.37 Å². The Morgan fingerprint density at radius 3 is 2.59 bits per heavy atom. The number of carbonyl (C=O) groups excluding carboxylic acids is 1. The molecule has 0 aliphatic carbocycles. The van der Waals surface area contributed by atoms with Crippen LogP contribution in [0.3, 0.4) is 0 Å². The Kier molecular flexibility index (Phi) is 5.81. The predicted molar refractivity (Wildman–Crippen MR) is 106 cm³/mol. The zero-order valence-electron chi connectivity index (χ0n) is 15.4. The van der Waals surface area contributed by atoms with Gasteiger partial charge in [0.25, 0.3) is 5.91 Å². The molecule has 138 valence electrons. The summed E-state index contributed by atoms with van der Waals surface area (Å²) in [5, 5.41) is 6.02. The SMILES string of the molecule is CC(C)c1ccccc1Nc1cc(C(=O)NCc2ccccc2F)ccn1. The lowest BCUT2D eigenvalue weighted by atomic mass is 10.0. The van der Waals surface area contributed by atoms with Gasteiger partial charge >= 0.3 is 0 Å². The Labute approximate surface area is 158 Å². The summed E-state index contributed by atoms with van der Waals surface area (Å²) >= 11 is 0. The van der Waals surface area contributed by atoms with Crippen molar-refractivity contribution in [2.45, 2.75) is 26.3 Å². The van der Waals surface area contributed by atoms with E-state index in [0.29, 0.717) is 22.9 Å². The molecule has 4 nitrogen and oxygen atoms in total. The minimum atomic E-state index is -0.333. The number of nitrogens with one attached hydrogen (secondary N) is 2. The quantitative estimate of drug-likeness (QED) is 0.647. The number of benzene rings is 2. The first kappa shape index (κ1) is 18.6. The zero-order valence-corrected chi connectivity index (χ0v) is 15.4. The van der Waals surface area contributed by atoms with E-state index in [1.54, 1.807) is 36.5 Å². The van der Waals surface area contributed by atoms with Gasteiger partial charge in [0.2, 0.25) is 0 Å². The van der Waals surface area contributed by atoms with Gasteiger partial charge in [0.05, 0.1) is 0 Å². The molecule has 3 rings (SSSR count). The first-order chi connectivity index (χ1) is 13.0. The highest BCUT2D eigenvalue weighted by molar-refractivity contribution is 5.94. The first-order valence-electron chi connectivity index (χ1n) is 8.88. The van der Waals surface area contributed by atoms with E-state index in [4.69, 9.17) is 0 Å². The van der Waals surface area contributed by atoms with Crippen LogP contribution in [0.5, 0.6) is 0 Å². The van der Waals surface area contributed by atoms with Crippen LogP contribution in [-0.4, -0.2) is 10.9 Å². The Hall–Kier alpha value is -3.21. The van der Waals surface area contributed by atoms with Gasteiger partial charge < -0.3 is 10.6 Å². The van der Waals surface area contributed by atoms with Crippen LogP contribution < -0.4 is 10.6 Å². The van der Waals surface area contributed by atoms with Crippen molar-refractivity contribution in [3.63, 3.8) is 0 Å². The fourth-order valence-electron chi connectivity index (χ4n) is 2.81. The molecule has 3 aromatic rings. The summed E-state index contributed by atoms with van der Waals surface area (Å²) in [5.41, 5.74) is 3.05. The predicted octanol–water partition coefficient (Wildman–Crippen LogP) is 5.02. The molecule has 0 saturated carbocycles. The second-order valence-corrected chi connectivity index (χ2v) is 6.57. The van der Waals surface area contributed by atoms with Crippen LogP contribution in [-0.2, 0) is 6.54 Å². The van der Waals surface area contributed by atoms with Crippen molar-refractivity contribution in [3.8, 4) is 0 Å². The second kappa shape index (κ2) is 8.45. The molecule has 0 saturated heterocycles. The largest absolute Gasteiger partial charge is 0.348 e. The lowest BCUT2D eigenvalue weighted by Crippen LogP contribution is -2.23. The van der Waals surface area contributed by atoms with E-state index in [2.05, 4.69) is 35.5 Å². The van der Waals surface area contributed by atoms with Gasteiger partial charge in [0.15, 0.2) is 0 Å². The van der Waals surface area contributed by atoms with Crippen molar-refractivity contribution >= 4 is 17.4 Å². The molecule has 0 unspecified atom stereocenters. The molecule has 0 spiro atoms. The fraction of sp³-hybridized carbons (Fsp3) is 0.182. The van der Waals surface area contributed by atoms with Gasteiger partial charge in [-0.2, -0.15) is 0 Å². The fourth-order valence-corrected chi connectivity index (χ4v) is 2.81. The Bertz CT molecular complexity index is 940. The van der Waals surface area contributed by atoms with Crippen molar-refractivity contribution in [1.82, 2.24) is 10.3 Å². The Morgan fingerprint density at radius 1 is 1.07 bits per heavy atom. The molecule has 0 atom stereocenters. The van der Waals surface area contributed by atoms with Crippen molar-refractivity contribution in [1.29, 1.82) is 0 Å². The van der Waals surface area contributed by atoms with E-state index >= 15 is 0 Å². The molecule has 0 bridgehead atoms. The molecule has 1 aromatic heterocycles. The van der Waals surface area contributed by atoms with E-state index in [1.807, 2.05) is 18.2 Å². The number of carbonyl (C=O) groups is 1. The van der Waals surface area contributed by atoms with Gasteiger partial charge in [-0.15, -0.1) is 0 Å². The third-order valence-electron chi connectivity index (χ3n) is 4.26. The number of halogens is 1. The smallest absolute Gasteiger partial charge is 0.251 e. The summed E-state index contributed by atoms with van der Waals surface area (Å²) in [7, 11) is 0. The topological polar surface area (TPSA) is 54.0 Å². The number of hydrogen-bond acceptors (Lipinski definition) is 3. The molecule has 5 heteroatoms. The maximum Gasteiger partial charge on any atom is 0.251 e. The van der Waals surface area contributed by atoms with Crippen LogP contribution in [0, 0.1) is 5.82 Å². The second-order valence-electron chi connectivity index (χ2n) is 6.57. The Balaban J connectivity index is 1.72. The standard InChI is InChI=1S/C22H22FN3O/c1-15(2)18-8-4-6-10-20(18)26-21-13-16(11-12-24-21)22(27)25-14-17-7-3-5-9-19(17)23/h3-13,15H,14H2,1-2H3,(H,24,26)(H,25,27). The number of nitrogens with zero attached hydrogens (tertiary/aromatic N) is 1. The number of amides is 1. The number of hydrogen-bond donors (Lipinski definition) is 2. The van der Waals surface area contributed by atoms with E-state index < -0.39 is 0 Å². The third kappa shape index (κ3) is 4.70. The molecule has 1 heterocycles. The van der Waals surface area contributed by atoms with Crippen molar-refractivity contribution < 1.29 is 9.18 Å². The minimum Gasteiger partial charge on any atom is -0.348 e. The van der Waals surface area contributed by atoms with E-state index in [-0.39, 0.29) is 18.3 Å². The molecular weight excluding hydrogens is 341 g/mol. The van der Waals surface area contributed by atoms with Crippen molar-refractivity contribution in [2.24, 2.45) is 0 Å². The van der Waals surface area contributed by atoms with Crippen LogP contribution in [0.4, 0.5) is 15.9 Å². The first-order valence-corrected chi connectivity index (χ1v) is 8.88. The van der Waals surface area contributed by atoms with Crippen LogP contribution in [0.1, 0.15) is 41.3 Å². The van der Waals surface area contributed by atoms with E-state index in [9.17, 15) is 9.18 Å². The third-order valence-corrected chi connectivity index (χ3v) is 4.26. The molecule has 0 radical (unpaired) electrons. The number of rotatable bonds is 6. The summed E-state index contributed by atoms with van der Waals surface area (Å²) in [5.74, 6) is 0.337. The van der Waals surface area contributed by atoms with Crippen LogP contribution in [0.2, 0.25) is 0 Å². The monoisotopic (exact) mass is 363 g/mol. The number of pyridine rings is 1.